The minimum absolute atomic E-state index is 0.0309. The van der Waals surface area contributed by atoms with Crippen LogP contribution in [0.15, 0.2) is 5.16 Å². The number of hydrogen-bond acceptors (Lipinski definition) is 7. The van der Waals surface area contributed by atoms with Crippen molar-refractivity contribution in [3.8, 4) is 0 Å². The van der Waals surface area contributed by atoms with Gasteiger partial charge in [0, 0.05) is 18.0 Å². The number of fused-ring (bicyclic) bond motifs is 3. The van der Waals surface area contributed by atoms with Gasteiger partial charge in [-0.3, -0.25) is 4.79 Å². The van der Waals surface area contributed by atoms with E-state index < -0.39 is 0 Å². The number of carbonyl (C=O) groups is 1. The number of amides is 1. The van der Waals surface area contributed by atoms with Crippen molar-refractivity contribution in [3.63, 3.8) is 0 Å². The van der Waals surface area contributed by atoms with E-state index in [1.54, 1.807) is 11.3 Å². The Bertz CT molecular complexity index is 847. The summed E-state index contributed by atoms with van der Waals surface area (Å²) in [5.41, 5.74) is 7.65. The Morgan fingerprint density at radius 3 is 2.93 bits per heavy atom. The molecule has 0 saturated carbocycles. The van der Waals surface area contributed by atoms with Crippen molar-refractivity contribution in [2.45, 2.75) is 56.5 Å². The first kappa shape index (κ1) is 19.9. The van der Waals surface area contributed by atoms with Crippen LogP contribution in [-0.2, 0) is 11.2 Å². The largest absolute Gasteiger partial charge is 0.383 e. The first-order valence-corrected chi connectivity index (χ1v) is 12.1. The lowest BCUT2D eigenvalue weighted by molar-refractivity contribution is -0.118. The summed E-state index contributed by atoms with van der Waals surface area (Å²) in [5.74, 6) is 1.44. The van der Waals surface area contributed by atoms with E-state index >= 15 is 0 Å². The molecular formula is C20H29N5OS2. The van der Waals surface area contributed by atoms with Gasteiger partial charge in [-0.25, -0.2) is 9.97 Å². The van der Waals surface area contributed by atoms with E-state index in [4.69, 9.17) is 10.7 Å². The molecule has 3 N–H and O–H groups in total. The fourth-order valence-corrected chi connectivity index (χ4v) is 6.36. The van der Waals surface area contributed by atoms with Gasteiger partial charge in [0.15, 0.2) is 5.16 Å². The van der Waals surface area contributed by atoms with Crippen LogP contribution in [0.25, 0.3) is 10.2 Å². The van der Waals surface area contributed by atoms with Crippen LogP contribution in [0, 0.1) is 0 Å². The number of thiophene rings is 1. The molecule has 0 aromatic carbocycles. The zero-order valence-corrected chi connectivity index (χ0v) is 18.1. The van der Waals surface area contributed by atoms with Crippen molar-refractivity contribution in [2.75, 3.05) is 37.7 Å². The molecule has 1 saturated heterocycles. The lowest BCUT2D eigenvalue weighted by Gasteiger charge is -2.26. The van der Waals surface area contributed by atoms with Gasteiger partial charge in [0.2, 0.25) is 5.91 Å². The van der Waals surface area contributed by atoms with Gasteiger partial charge in [-0.2, -0.15) is 0 Å². The Hall–Kier alpha value is -1.38. The second-order valence-electron chi connectivity index (χ2n) is 7.84. The van der Waals surface area contributed by atoms with Gasteiger partial charge in [0.1, 0.15) is 10.6 Å². The van der Waals surface area contributed by atoms with E-state index in [1.807, 2.05) is 0 Å². The molecule has 6 nitrogen and oxygen atoms in total. The van der Waals surface area contributed by atoms with E-state index in [-0.39, 0.29) is 5.91 Å². The van der Waals surface area contributed by atoms with Crippen LogP contribution in [0.2, 0.25) is 0 Å². The minimum Gasteiger partial charge on any atom is -0.383 e. The van der Waals surface area contributed by atoms with Crippen molar-refractivity contribution in [2.24, 2.45) is 0 Å². The molecule has 1 aliphatic heterocycles. The molecule has 4 rings (SSSR count). The lowest BCUT2D eigenvalue weighted by atomic mass is 9.87. The van der Waals surface area contributed by atoms with Crippen LogP contribution >= 0.6 is 23.1 Å². The van der Waals surface area contributed by atoms with Gasteiger partial charge >= 0.3 is 0 Å². The third kappa shape index (κ3) is 4.44. The van der Waals surface area contributed by atoms with Crippen LogP contribution in [0.4, 0.5) is 5.82 Å². The van der Waals surface area contributed by atoms with Crippen molar-refractivity contribution >= 4 is 45.0 Å². The summed E-state index contributed by atoms with van der Waals surface area (Å²) >= 11 is 3.11. The first-order chi connectivity index (χ1) is 13.6. The highest BCUT2D eigenvalue weighted by atomic mass is 32.2. The molecular weight excluding hydrogens is 390 g/mol. The molecule has 0 spiro atoms. The van der Waals surface area contributed by atoms with Gasteiger partial charge < -0.3 is 16.0 Å². The summed E-state index contributed by atoms with van der Waals surface area (Å²) in [7, 11) is 0. The highest BCUT2D eigenvalue weighted by molar-refractivity contribution is 7.99. The van der Waals surface area contributed by atoms with Crippen LogP contribution in [-0.4, -0.2) is 52.7 Å². The van der Waals surface area contributed by atoms with Gasteiger partial charge in [-0.15, -0.1) is 11.3 Å². The third-order valence-corrected chi connectivity index (χ3v) is 7.74. The molecule has 0 radical (unpaired) electrons. The molecule has 8 heteroatoms. The third-order valence-electron chi connectivity index (χ3n) is 5.74. The average Bonchev–Trinajstić information content (AvgIpc) is 3.07. The van der Waals surface area contributed by atoms with Crippen LogP contribution in [0.1, 0.15) is 55.4 Å². The number of anilines is 1. The monoisotopic (exact) mass is 419 g/mol. The number of nitrogens with one attached hydrogen (secondary N) is 1. The molecule has 2 aromatic heterocycles. The van der Waals surface area contributed by atoms with Gasteiger partial charge in [-0.1, -0.05) is 25.1 Å². The number of thioether (sulfide) groups is 1. The molecule has 28 heavy (non-hydrogen) atoms. The lowest BCUT2D eigenvalue weighted by Crippen LogP contribution is -2.38. The van der Waals surface area contributed by atoms with Crippen molar-refractivity contribution in [1.82, 2.24) is 20.2 Å². The number of aromatic nitrogens is 2. The Morgan fingerprint density at radius 1 is 1.29 bits per heavy atom. The molecule has 1 atom stereocenters. The number of aryl methyl sites for hydroxylation is 1. The van der Waals surface area contributed by atoms with Crippen LogP contribution in [0.3, 0.4) is 0 Å². The number of nitrogens with zero attached hydrogens (tertiary/aromatic N) is 3. The van der Waals surface area contributed by atoms with Crippen LogP contribution < -0.4 is 11.1 Å². The number of nitrogen functional groups attached to an aromatic ring is 1. The maximum absolute atomic E-state index is 12.2. The molecule has 1 aliphatic carbocycles. The highest BCUT2D eigenvalue weighted by Crippen LogP contribution is 2.43. The zero-order valence-electron chi connectivity index (χ0n) is 16.5. The van der Waals surface area contributed by atoms with Crippen molar-refractivity contribution in [1.29, 1.82) is 0 Å². The summed E-state index contributed by atoms with van der Waals surface area (Å²) in [6, 6.07) is 0. The normalized spacial score (nSPS) is 20.2. The second-order valence-corrected chi connectivity index (χ2v) is 9.87. The van der Waals surface area contributed by atoms with Gasteiger partial charge in [0.05, 0.1) is 11.1 Å². The summed E-state index contributed by atoms with van der Waals surface area (Å²) in [6.07, 6.45) is 7.42. The highest BCUT2D eigenvalue weighted by Gasteiger charge is 2.25. The molecule has 1 unspecified atom stereocenters. The summed E-state index contributed by atoms with van der Waals surface area (Å²) in [6.45, 7) is 6.21. The predicted octanol–water partition coefficient (Wildman–Crippen LogP) is 3.41. The number of hydrogen-bond donors (Lipinski definition) is 2. The smallest absolute Gasteiger partial charge is 0.230 e. The maximum Gasteiger partial charge on any atom is 0.230 e. The molecule has 1 fully saturated rings. The molecule has 2 aromatic rings. The molecule has 2 aliphatic rings. The standard InChI is InChI=1S/C20H29N5OS2/c1-13-6-5-7-14-16(13)17-18(21)23-20(24-19(17)28-14)27-12-15(26)22-8-11-25-9-3-2-4-10-25/h13H,2-12H2,1H3,(H,22,26)(H2,21,23,24). The average molecular weight is 420 g/mol. The molecule has 0 bridgehead atoms. The predicted molar refractivity (Wildman–Crippen MR) is 117 cm³/mol. The summed E-state index contributed by atoms with van der Waals surface area (Å²) in [4.78, 5) is 26.2. The topological polar surface area (TPSA) is 84.1 Å². The quantitative estimate of drug-likeness (QED) is 0.551. The van der Waals surface area contributed by atoms with E-state index in [1.165, 1.54) is 54.3 Å². The SMILES string of the molecule is CC1CCCc2sc3nc(SCC(=O)NCCN4CCCCC4)nc(N)c3c21. The van der Waals surface area contributed by atoms with E-state index in [0.29, 0.717) is 29.2 Å². The Balaban J connectivity index is 1.34. The molecule has 3 heterocycles. The molecule has 1 amide bonds. The zero-order chi connectivity index (χ0) is 19.5. The second kappa shape index (κ2) is 8.97. The Morgan fingerprint density at radius 2 is 2.11 bits per heavy atom. The number of nitrogens with two attached hydrogens (primary N) is 1. The Labute approximate surface area is 174 Å². The number of piperidine rings is 1. The van der Waals surface area contributed by atoms with E-state index in [2.05, 4.69) is 22.1 Å². The minimum atomic E-state index is 0.0309. The molecule has 152 valence electrons. The fraction of sp³-hybridized carbons (Fsp3) is 0.650. The fourth-order valence-electron chi connectivity index (χ4n) is 4.28. The summed E-state index contributed by atoms with van der Waals surface area (Å²) in [5, 5.41) is 4.66. The maximum atomic E-state index is 12.2. The first-order valence-electron chi connectivity index (χ1n) is 10.3. The Kier molecular flexibility index (Phi) is 6.38. The summed E-state index contributed by atoms with van der Waals surface area (Å²) < 4.78 is 0. The van der Waals surface area contributed by atoms with Gasteiger partial charge in [0.25, 0.3) is 0 Å². The number of carbonyl (C=O) groups excluding carboxylic acids is 1. The van der Waals surface area contributed by atoms with E-state index in [0.717, 1.165) is 36.3 Å². The van der Waals surface area contributed by atoms with Crippen molar-refractivity contribution < 1.29 is 4.79 Å². The van der Waals surface area contributed by atoms with E-state index in [9.17, 15) is 4.79 Å². The van der Waals surface area contributed by atoms with Crippen LogP contribution in [0.5, 0.6) is 0 Å². The van der Waals surface area contributed by atoms with Gasteiger partial charge in [-0.05, 0) is 56.7 Å². The number of likely N-dealkylation sites (tertiary alicyclic amines) is 1. The van der Waals surface area contributed by atoms with Crippen molar-refractivity contribution in [3.05, 3.63) is 10.4 Å². The number of rotatable bonds is 6.